The molecule has 0 aliphatic rings. The average molecular weight is 367 g/mol. The van der Waals surface area contributed by atoms with Gasteiger partial charge in [-0.2, -0.15) is 0 Å². The van der Waals surface area contributed by atoms with E-state index >= 15 is 0 Å². The zero-order valence-electron chi connectivity index (χ0n) is 17.0. The molecule has 4 heteroatoms. The third-order valence-electron chi connectivity index (χ3n) is 4.87. The number of aryl methyl sites for hydroxylation is 3. The fraction of sp³-hybridized carbons (Fsp3) is 0.391. The van der Waals surface area contributed by atoms with Gasteiger partial charge in [-0.25, -0.2) is 0 Å². The van der Waals surface area contributed by atoms with Crippen molar-refractivity contribution in [2.45, 2.75) is 53.1 Å². The predicted octanol–water partition coefficient (Wildman–Crippen LogP) is 3.71. The first-order valence-electron chi connectivity index (χ1n) is 9.48. The van der Waals surface area contributed by atoms with E-state index in [0.717, 1.165) is 27.8 Å². The summed E-state index contributed by atoms with van der Waals surface area (Å²) in [5, 5.41) is 2.70. The van der Waals surface area contributed by atoms with Crippen LogP contribution < -0.4 is 5.32 Å². The monoisotopic (exact) mass is 366 g/mol. The molecule has 0 fully saturated rings. The summed E-state index contributed by atoms with van der Waals surface area (Å²) in [6, 6.07) is 13.7. The Bertz CT molecular complexity index is 794. The Hall–Kier alpha value is -2.62. The molecule has 2 aromatic carbocycles. The van der Waals surface area contributed by atoms with Gasteiger partial charge in [-0.05, 0) is 43.9 Å². The van der Waals surface area contributed by atoms with Crippen molar-refractivity contribution in [1.82, 2.24) is 10.2 Å². The smallest absolute Gasteiger partial charge is 0.242 e. The lowest BCUT2D eigenvalue weighted by Crippen LogP contribution is -2.48. The lowest BCUT2D eigenvalue weighted by Gasteiger charge is -2.31. The Balaban J connectivity index is 2.33. The molecule has 0 aliphatic carbocycles. The number of nitrogens with zero attached hydrogens (tertiary/aromatic N) is 1. The molecule has 0 aliphatic heterocycles. The Kier molecular flexibility index (Phi) is 7.17. The summed E-state index contributed by atoms with van der Waals surface area (Å²) >= 11 is 0. The molecule has 0 aromatic heterocycles. The maximum Gasteiger partial charge on any atom is 0.242 e. The van der Waals surface area contributed by atoms with E-state index in [1.165, 1.54) is 0 Å². The topological polar surface area (TPSA) is 49.4 Å². The fourth-order valence-electron chi connectivity index (χ4n) is 3.50. The first-order chi connectivity index (χ1) is 12.8. The van der Waals surface area contributed by atoms with Crippen molar-refractivity contribution in [3.8, 4) is 0 Å². The highest BCUT2D eigenvalue weighted by molar-refractivity contribution is 5.88. The molecule has 1 atom stereocenters. The first kappa shape index (κ1) is 20.7. The Morgan fingerprint density at radius 3 is 2.22 bits per heavy atom. The van der Waals surface area contributed by atoms with Crippen molar-refractivity contribution in [3.05, 3.63) is 70.3 Å². The SMILES string of the molecule is CC[C@H](C(=O)NC)N(Cc1ccccc1C)C(=O)Cc1cc(C)cc(C)c1. The number of carbonyl (C=O) groups is 2. The number of hydrogen-bond donors (Lipinski definition) is 1. The van der Waals surface area contributed by atoms with Gasteiger partial charge in [-0.3, -0.25) is 9.59 Å². The molecule has 0 bridgehead atoms. The zero-order chi connectivity index (χ0) is 20.0. The van der Waals surface area contributed by atoms with Crippen molar-refractivity contribution in [2.24, 2.45) is 0 Å². The summed E-state index contributed by atoms with van der Waals surface area (Å²) < 4.78 is 0. The molecule has 1 N–H and O–H groups in total. The van der Waals surface area contributed by atoms with E-state index in [-0.39, 0.29) is 11.8 Å². The summed E-state index contributed by atoms with van der Waals surface area (Å²) in [4.78, 5) is 27.4. The number of benzene rings is 2. The van der Waals surface area contributed by atoms with Crippen molar-refractivity contribution in [2.75, 3.05) is 7.05 Å². The van der Waals surface area contributed by atoms with Crippen molar-refractivity contribution in [1.29, 1.82) is 0 Å². The average Bonchev–Trinajstić information content (AvgIpc) is 2.61. The van der Waals surface area contributed by atoms with Gasteiger partial charge in [-0.1, -0.05) is 60.5 Å². The summed E-state index contributed by atoms with van der Waals surface area (Å²) in [5.41, 5.74) is 5.45. The van der Waals surface area contributed by atoms with Crippen molar-refractivity contribution in [3.63, 3.8) is 0 Å². The lowest BCUT2D eigenvalue weighted by atomic mass is 10.0. The second-order valence-electron chi connectivity index (χ2n) is 7.16. The van der Waals surface area contributed by atoms with Gasteiger partial charge >= 0.3 is 0 Å². The van der Waals surface area contributed by atoms with Gasteiger partial charge in [0.25, 0.3) is 0 Å². The van der Waals surface area contributed by atoms with Crippen LogP contribution in [-0.4, -0.2) is 29.8 Å². The molecule has 2 rings (SSSR count). The summed E-state index contributed by atoms with van der Waals surface area (Å²) in [6.07, 6.45) is 0.867. The van der Waals surface area contributed by atoms with Crippen LogP contribution in [0.4, 0.5) is 0 Å². The van der Waals surface area contributed by atoms with Gasteiger partial charge in [0.1, 0.15) is 6.04 Å². The van der Waals surface area contributed by atoms with Gasteiger partial charge in [0.05, 0.1) is 6.42 Å². The molecule has 4 nitrogen and oxygen atoms in total. The minimum Gasteiger partial charge on any atom is -0.357 e. The largest absolute Gasteiger partial charge is 0.357 e. The van der Waals surface area contributed by atoms with E-state index in [9.17, 15) is 9.59 Å². The molecule has 0 spiro atoms. The van der Waals surface area contributed by atoms with E-state index < -0.39 is 6.04 Å². The van der Waals surface area contributed by atoms with Crippen LogP contribution >= 0.6 is 0 Å². The highest BCUT2D eigenvalue weighted by Crippen LogP contribution is 2.18. The van der Waals surface area contributed by atoms with Gasteiger partial charge in [0.2, 0.25) is 11.8 Å². The molecule has 0 saturated carbocycles. The van der Waals surface area contributed by atoms with Crippen LogP contribution in [-0.2, 0) is 22.6 Å². The van der Waals surface area contributed by atoms with Crippen LogP contribution in [0.25, 0.3) is 0 Å². The summed E-state index contributed by atoms with van der Waals surface area (Å²) in [7, 11) is 1.62. The molecule has 0 unspecified atom stereocenters. The number of amides is 2. The maximum atomic E-state index is 13.2. The number of nitrogens with one attached hydrogen (secondary N) is 1. The molecule has 0 saturated heterocycles. The second kappa shape index (κ2) is 9.36. The lowest BCUT2D eigenvalue weighted by molar-refractivity contribution is -0.140. The van der Waals surface area contributed by atoms with Crippen molar-refractivity contribution >= 4 is 11.8 Å². The van der Waals surface area contributed by atoms with Gasteiger partial charge < -0.3 is 10.2 Å². The molecule has 2 aromatic rings. The molecular weight excluding hydrogens is 336 g/mol. The van der Waals surface area contributed by atoms with E-state index in [4.69, 9.17) is 0 Å². The van der Waals surface area contributed by atoms with Gasteiger partial charge in [0.15, 0.2) is 0 Å². The number of hydrogen-bond acceptors (Lipinski definition) is 2. The quantitative estimate of drug-likeness (QED) is 0.812. The van der Waals surface area contributed by atoms with E-state index in [1.807, 2.05) is 64.1 Å². The Morgan fingerprint density at radius 2 is 1.67 bits per heavy atom. The zero-order valence-corrected chi connectivity index (χ0v) is 17.0. The third-order valence-corrected chi connectivity index (χ3v) is 4.87. The fourth-order valence-corrected chi connectivity index (χ4v) is 3.50. The molecular formula is C23H30N2O2. The normalized spacial score (nSPS) is 11.7. The predicted molar refractivity (Wildman–Crippen MR) is 109 cm³/mol. The third kappa shape index (κ3) is 5.43. The van der Waals surface area contributed by atoms with E-state index in [1.54, 1.807) is 11.9 Å². The molecule has 0 heterocycles. The summed E-state index contributed by atoms with van der Waals surface area (Å²) in [6.45, 7) is 8.47. The van der Waals surface area contributed by atoms with Crippen LogP contribution in [0.5, 0.6) is 0 Å². The maximum absolute atomic E-state index is 13.2. The van der Waals surface area contributed by atoms with Gasteiger partial charge in [-0.15, -0.1) is 0 Å². The second-order valence-corrected chi connectivity index (χ2v) is 7.16. The highest BCUT2D eigenvalue weighted by Gasteiger charge is 2.28. The number of carbonyl (C=O) groups excluding carboxylic acids is 2. The van der Waals surface area contributed by atoms with Gasteiger partial charge in [0, 0.05) is 13.6 Å². The molecule has 0 radical (unpaired) electrons. The standard InChI is InChI=1S/C23H30N2O2/c1-6-21(23(27)24-5)25(15-20-10-8-7-9-18(20)4)22(26)14-19-12-16(2)11-17(3)13-19/h7-13,21H,6,14-15H2,1-5H3,(H,24,27)/t21-/m1/s1. The number of rotatable bonds is 7. The van der Waals surface area contributed by atoms with Crippen LogP contribution in [0.15, 0.2) is 42.5 Å². The van der Waals surface area contributed by atoms with Crippen LogP contribution in [0.2, 0.25) is 0 Å². The minimum atomic E-state index is -0.479. The van der Waals surface area contributed by atoms with Crippen molar-refractivity contribution < 1.29 is 9.59 Å². The number of likely N-dealkylation sites (N-methyl/N-ethyl adjacent to an activating group) is 1. The van der Waals surface area contributed by atoms with Crippen LogP contribution in [0, 0.1) is 20.8 Å². The Labute approximate surface area is 162 Å². The highest BCUT2D eigenvalue weighted by atomic mass is 16.2. The minimum absolute atomic E-state index is 0.0290. The van der Waals surface area contributed by atoms with Crippen LogP contribution in [0.1, 0.15) is 41.2 Å². The summed E-state index contributed by atoms with van der Waals surface area (Å²) in [5.74, 6) is -0.154. The molecule has 144 valence electrons. The first-order valence-corrected chi connectivity index (χ1v) is 9.48. The van der Waals surface area contributed by atoms with E-state index in [0.29, 0.717) is 19.4 Å². The van der Waals surface area contributed by atoms with Crippen LogP contribution in [0.3, 0.4) is 0 Å². The molecule has 2 amide bonds. The van der Waals surface area contributed by atoms with E-state index in [2.05, 4.69) is 11.4 Å². The Morgan fingerprint density at radius 1 is 1.04 bits per heavy atom. The molecule has 27 heavy (non-hydrogen) atoms.